The van der Waals surface area contributed by atoms with Crippen LogP contribution < -0.4 is 10.1 Å². The summed E-state index contributed by atoms with van der Waals surface area (Å²) in [5.41, 5.74) is 4.27. The molecule has 1 fully saturated rings. The first-order valence-corrected chi connectivity index (χ1v) is 14.5. The van der Waals surface area contributed by atoms with Gasteiger partial charge in [0.25, 0.3) is 0 Å². The second-order valence-electron chi connectivity index (χ2n) is 9.85. The van der Waals surface area contributed by atoms with E-state index >= 15 is 0 Å². The maximum absolute atomic E-state index is 12.6. The predicted molar refractivity (Wildman–Crippen MR) is 150 cm³/mol. The number of aryl methyl sites for hydroxylation is 2. The molecule has 0 spiro atoms. The van der Waals surface area contributed by atoms with E-state index in [2.05, 4.69) is 68.9 Å². The molecular weight excluding hydrogens is 536 g/mol. The highest BCUT2D eigenvalue weighted by Crippen LogP contribution is 2.35. The molecule has 0 atom stereocenters. The van der Waals surface area contributed by atoms with E-state index in [0.717, 1.165) is 50.9 Å². The minimum absolute atomic E-state index is 0.0493. The van der Waals surface area contributed by atoms with Crippen molar-refractivity contribution in [2.45, 2.75) is 83.5 Å². The summed E-state index contributed by atoms with van der Waals surface area (Å²) in [6, 6.07) is 12.4. The van der Waals surface area contributed by atoms with Gasteiger partial charge in [0.05, 0.1) is 5.75 Å². The number of nitrogens with zero attached hydrogens (tertiary/aromatic N) is 3. The van der Waals surface area contributed by atoms with E-state index in [1.807, 2.05) is 31.2 Å². The van der Waals surface area contributed by atoms with Crippen molar-refractivity contribution in [1.29, 1.82) is 0 Å². The van der Waals surface area contributed by atoms with Crippen molar-refractivity contribution in [2.24, 2.45) is 0 Å². The van der Waals surface area contributed by atoms with Gasteiger partial charge >= 0.3 is 0 Å². The number of rotatable bonds is 9. The lowest BCUT2D eigenvalue weighted by molar-refractivity contribution is -0.113. The SMILES string of the molecule is Cc1ccc(NC(=O)CSc2nnc(COc3cc(C)c(Br)cc3C(C)C)n2C2CCCCC2)cc1. The van der Waals surface area contributed by atoms with Gasteiger partial charge in [-0.2, -0.15) is 0 Å². The van der Waals surface area contributed by atoms with Gasteiger partial charge < -0.3 is 10.1 Å². The van der Waals surface area contributed by atoms with Crippen molar-refractivity contribution in [3.05, 3.63) is 63.4 Å². The third-order valence-electron chi connectivity index (χ3n) is 6.61. The molecule has 1 heterocycles. The number of carbonyl (C=O) groups excluding carboxylic acids is 1. The number of nitrogens with one attached hydrogen (secondary N) is 1. The first-order chi connectivity index (χ1) is 17.3. The first-order valence-electron chi connectivity index (χ1n) is 12.7. The highest BCUT2D eigenvalue weighted by Gasteiger charge is 2.24. The lowest BCUT2D eigenvalue weighted by Gasteiger charge is -2.25. The van der Waals surface area contributed by atoms with Crippen LogP contribution in [0.5, 0.6) is 5.75 Å². The minimum Gasteiger partial charge on any atom is -0.485 e. The molecular formula is C28H35BrN4O2S. The molecule has 1 saturated carbocycles. The number of ether oxygens (including phenoxy) is 1. The van der Waals surface area contributed by atoms with Gasteiger partial charge in [-0.05, 0) is 68.0 Å². The molecule has 36 heavy (non-hydrogen) atoms. The molecule has 0 saturated heterocycles. The lowest BCUT2D eigenvalue weighted by atomic mass is 9.95. The van der Waals surface area contributed by atoms with Crippen LogP contribution in [-0.4, -0.2) is 26.4 Å². The number of benzene rings is 2. The fourth-order valence-electron chi connectivity index (χ4n) is 4.56. The van der Waals surface area contributed by atoms with Crippen LogP contribution in [-0.2, 0) is 11.4 Å². The number of carbonyl (C=O) groups is 1. The third-order valence-corrected chi connectivity index (χ3v) is 8.41. The van der Waals surface area contributed by atoms with Gasteiger partial charge in [0.15, 0.2) is 11.0 Å². The van der Waals surface area contributed by atoms with Crippen LogP contribution in [0.2, 0.25) is 0 Å². The molecule has 1 aliphatic rings. The van der Waals surface area contributed by atoms with Gasteiger partial charge in [-0.25, -0.2) is 0 Å². The van der Waals surface area contributed by atoms with Crippen LogP contribution >= 0.6 is 27.7 Å². The molecule has 192 valence electrons. The molecule has 0 radical (unpaired) electrons. The van der Waals surface area contributed by atoms with Gasteiger partial charge in [0, 0.05) is 16.2 Å². The van der Waals surface area contributed by atoms with Crippen LogP contribution in [0.3, 0.4) is 0 Å². The molecule has 0 bridgehead atoms. The number of hydrogen-bond donors (Lipinski definition) is 1. The van der Waals surface area contributed by atoms with Gasteiger partial charge in [-0.15, -0.1) is 10.2 Å². The Balaban J connectivity index is 1.50. The van der Waals surface area contributed by atoms with Gasteiger partial charge in [0.2, 0.25) is 5.91 Å². The van der Waals surface area contributed by atoms with E-state index in [9.17, 15) is 4.79 Å². The Morgan fingerprint density at radius 1 is 1.14 bits per heavy atom. The van der Waals surface area contributed by atoms with Crippen LogP contribution in [0, 0.1) is 13.8 Å². The van der Waals surface area contributed by atoms with Crippen LogP contribution in [0.15, 0.2) is 46.0 Å². The molecule has 1 N–H and O–H groups in total. The predicted octanol–water partition coefficient (Wildman–Crippen LogP) is 7.60. The van der Waals surface area contributed by atoms with E-state index in [4.69, 9.17) is 4.74 Å². The zero-order valence-corrected chi connectivity index (χ0v) is 23.9. The van der Waals surface area contributed by atoms with Gasteiger partial charge in [-0.1, -0.05) is 78.5 Å². The summed E-state index contributed by atoms with van der Waals surface area (Å²) in [4.78, 5) is 12.6. The molecule has 6 nitrogen and oxygen atoms in total. The molecule has 1 aliphatic carbocycles. The van der Waals surface area contributed by atoms with Crippen molar-refractivity contribution >= 4 is 39.3 Å². The van der Waals surface area contributed by atoms with Crippen molar-refractivity contribution in [2.75, 3.05) is 11.1 Å². The average molecular weight is 572 g/mol. The number of thioether (sulfide) groups is 1. The Kier molecular flexibility index (Phi) is 9.12. The van der Waals surface area contributed by atoms with E-state index in [1.165, 1.54) is 36.6 Å². The molecule has 4 rings (SSSR count). The normalized spacial score (nSPS) is 14.3. The third kappa shape index (κ3) is 6.71. The fourth-order valence-corrected chi connectivity index (χ4v) is 5.75. The largest absolute Gasteiger partial charge is 0.485 e. The molecule has 2 aromatic carbocycles. The van der Waals surface area contributed by atoms with E-state index in [0.29, 0.717) is 18.6 Å². The summed E-state index contributed by atoms with van der Waals surface area (Å²) in [6.07, 6.45) is 5.86. The quantitative estimate of drug-likeness (QED) is 0.268. The maximum Gasteiger partial charge on any atom is 0.234 e. The molecule has 0 unspecified atom stereocenters. The lowest BCUT2D eigenvalue weighted by Crippen LogP contribution is -2.19. The summed E-state index contributed by atoms with van der Waals surface area (Å²) in [6.45, 7) is 8.79. The Morgan fingerprint density at radius 3 is 2.56 bits per heavy atom. The summed E-state index contributed by atoms with van der Waals surface area (Å²) >= 11 is 5.09. The zero-order valence-electron chi connectivity index (χ0n) is 21.5. The zero-order chi connectivity index (χ0) is 25.7. The fraction of sp³-hybridized carbons (Fsp3) is 0.464. The van der Waals surface area contributed by atoms with Crippen LogP contribution in [0.1, 0.15) is 80.4 Å². The summed E-state index contributed by atoms with van der Waals surface area (Å²) in [5, 5.41) is 12.8. The van der Waals surface area contributed by atoms with Gasteiger partial charge in [0.1, 0.15) is 12.4 Å². The van der Waals surface area contributed by atoms with Crippen LogP contribution in [0.4, 0.5) is 5.69 Å². The number of hydrogen-bond acceptors (Lipinski definition) is 5. The van der Waals surface area contributed by atoms with E-state index in [1.54, 1.807) is 0 Å². The van der Waals surface area contributed by atoms with Gasteiger partial charge in [-0.3, -0.25) is 9.36 Å². The number of aromatic nitrogens is 3. The smallest absolute Gasteiger partial charge is 0.234 e. The minimum atomic E-state index is -0.0493. The number of anilines is 1. The Morgan fingerprint density at radius 2 is 1.86 bits per heavy atom. The van der Waals surface area contributed by atoms with E-state index in [-0.39, 0.29) is 11.7 Å². The van der Waals surface area contributed by atoms with Crippen molar-refractivity contribution in [3.63, 3.8) is 0 Å². The Bertz CT molecular complexity index is 1190. The van der Waals surface area contributed by atoms with E-state index < -0.39 is 0 Å². The van der Waals surface area contributed by atoms with Crippen molar-refractivity contribution < 1.29 is 9.53 Å². The molecule has 3 aromatic rings. The molecule has 0 aliphatic heterocycles. The monoisotopic (exact) mass is 570 g/mol. The van der Waals surface area contributed by atoms with Crippen LogP contribution in [0.25, 0.3) is 0 Å². The second-order valence-corrected chi connectivity index (χ2v) is 11.6. The topological polar surface area (TPSA) is 69.0 Å². The Hall–Kier alpha value is -2.32. The Labute approximate surface area is 226 Å². The number of amides is 1. The summed E-state index contributed by atoms with van der Waals surface area (Å²) in [5.74, 6) is 2.27. The summed E-state index contributed by atoms with van der Waals surface area (Å²) < 4.78 is 9.66. The average Bonchev–Trinajstić information content (AvgIpc) is 3.27. The maximum atomic E-state index is 12.6. The highest BCUT2D eigenvalue weighted by atomic mass is 79.9. The number of halogens is 1. The second kappa shape index (κ2) is 12.3. The van der Waals surface area contributed by atoms with Crippen molar-refractivity contribution in [1.82, 2.24) is 14.8 Å². The summed E-state index contributed by atoms with van der Waals surface area (Å²) in [7, 11) is 0. The highest BCUT2D eigenvalue weighted by molar-refractivity contribution is 9.10. The molecule has 8 heteroatoms. The van der Waals surface area contributed by atoms with Crippen molar-refractivity contribution in [3.8, 4) is 5.75 Å². The standard InChI is InChI=1S/C28H35BrN4O2S/c1-18(2)23-15-24(29)20(4)14-25(23)35-16-26-31-32-28(33(26)22-8-6-5-7-9-22)36-17-27(34)30-21-12-10-19(3)11-13-21/h10-15,18,22H,5-9,16-17H2,1-4H3,(H,30,34). The molecule has 1 aromatic heterocycles. The first kappa shape index (κ1) is 26.7. The molecule has 1 amide bonds.